The van der Waals surface area contributed by atoms with Gasteiger partial charge in [0.15, 0.2) is 0 Å². The zero-order valence-corrected chi connectivity index (χ0v) is 18.1. The first-order valence-electron chi connectivity index (χ1n) is 10.3. The number of allylic oxidation sites excluding steroid dienone is 1. The van der Waals surface area contributed by atoms with E-state index in [9.17, 15) is 31.4 Å². The second kappa shape index (κ2) is 7.76. The zero-order valence-electron chi connectivity index (χ0n) is 18.1. The third kappa shape index (κ3) is 3.71. The van der Waals surface area contributed by atoms with Crippen molar-refractivity contribution in [3.05, 3.63) is 54.1 Å². The van der Waals surface area contributed by atoms with Gasteiger partial charge < -0.3 is 9.84 Å². The van der Waals surface area contributed by atoms with E-state index in [1.807, 2.05) is 12.1 Å². The van der Waals surface area contributed by atoms with Gasteiger partial charge in [0.05, 0.1) is 5.60 Å². The van der Waals surface area contributed by atoms with E-state index in [2.05, 4.69) is 6.58 Å². The first-order chi connectivity index (χ1) is 14.6. The Morgan fingerprint density at radius 2 is 1.47 bits per heavy atom. The van der Waals surface area contributed by atoms with E-state index in [1.54, 1.807) is 31.2 Å². The summed E-state index contributed by atoms with van der Waals surface area (Å²) >= 11 is 0. The van der Waals surface area contributed by atoms with Gasteiger partial charge in [-0.15, -0.1) is 0 Å². The number of hydrogen-bond donors (Lipinski definition) is 1. The van der Waals surface area contributed by atoms with E-state index >= 15 is 0 Å². The lowest BCUT2D eigenvalue weighted by Gasteiger charge is -2.48. The molecular weight excluding hydrogens is 434 g/mol. The molecule has 1 aliphatic carbocycles. The molecule has 0 amide bonds. The summed E-state index contributed by atoms with van der Waals surface area (Å²) in [4.78, 5) is 0. The third-order valence-electron chi connectivity index (χ3n) is 6.40. The molecule has 1 aliphatic rings. The highest BCUT2D eigenvalue weighted by molar-refractivity contribution is 5.91. The lowest BCUT2D eigenvalue weighted by atomic mass is 9.79. The number of alkyl halides is 6. The number of hydrogen-bond acceptors (Lipinski definition) is 2. The van der Waals surface area contributed by atoms with Crippen molar-refractivity contribution in [1.29, 1.82) is 0 Å². The zero-order chi connectivity index (χ0) is 24.2. The first-order valence-corrected chi connectivity index (χ1v) is 10.3. The lowest BCUT2D eigenvalue weighted by Crippen LogP contribution is -2.70. The SMILES string of the molecule is C=C(C)c1ccc2ccccc2c1C1(OC(C)(C)C(O)(C(F)(F)F)C(F)(F)F)CCCC1. The number of ether oxygens (including phenoxy) is 1. The molecule has 3 rings (SSSR count). The molecule has 8 heteroatoms. The average molecular weight is 460 g/mol. The number of benzene rings is 2. The molecule has 176 valence electrons. The van der Waals surface area contributed by atoms with Crippen molar-refractivity contribution in [1.82, 2.24) is 0 Å². The Labute approximate surface area is 182 Å². The number of aliphatic hydroxyl groups is 1. The predicted molar refractivity (Wildman–Crippen MR) is 111 cm³/mol. The van der Waals surface area contributed by atoms with Crippen molar-refractivity contribution in [2.75, 3.05) is 0 Å². The molecule has 0 atom stereocenters. The van der Waals surface area contributed by atoms with Gasteiger partial charge in [-0.1, -0.05) is 61.4 Å². The van der Waals surface area contributed by atoms with Gasteiger partial charge in [0.2, 0.25) is 0 Å². The summed E-state index contributed by atoms with van der Waals surface area (Å²) < 4.78 is 88.0. The fourth-order valence-corrected chi connectivity index (χ4v) is 4.87. The quantitative estimate of drug-likeness (QED) is 0.475. The summed E-state index contributed by atoms with van der Waals surface area (Å²) in [6.45, 7) is 6.98. The molecule has 0 saturated heterocycles. The second-order valence-electron chi connectivity index (χ2n) is 9.01. The molecule has 1 N–H and O–H groups in total. The van der Waals surface area contributed by atoms with Crippen LogP contribution in [0.3, 0.4) is 0 Å². The van der Waals surface area contributed by atoms with Crippen LogP contribution in [0, 0.1) is 0 Å². The van der Waals surface area contributed by atoms with Gasteiger partial charge in [-0.2, -0.15) is 26.3 Å². The summed E-state index contributed by atoms with van der Waals surface area (Å²) in [5.74, 6) is 0. The van der Waals surface area contributed by atoms with Crippen LogP contribution in [0.5, 0.6) is 0 Å². The Hall–Kier alpha value is -2.06. The van der Waals surface area contributed by atoms with Crippen LogP contribution in [0.15, 0.2) is 43.0 Å². The average Bonchev–Trinajstić information content (AvgIpc) is 3.12. The minimum Gasteiger partial charge on any atom is -0.371 e. The number of rotatable bonds is 5. The van der Waals surface area contributed by atoms with Crippen LogP contribution in [0.2, 0.25) is 0 Å². The third-order valence-corrected chi connectivity index (χ3v) is 6.40. The molecule has 0 radical (unpaired) electrons. The Bertz CT molecular complexity index is 999. The van der Waals surface area contributed by atoms with Gasteiger partial charge in [0.1, 0.15) is 5.60 Å². The van der Waals surface area contributed by atoms with Crippen molar-refractivity contribution < 1.29 is 36.2 Å². The summed E-state index contributed by atoms with van der Waals surface area (Å²) in [5, 5.41) is 11.6. The van der Waals surface area contributed by atoms with Crippen LogP contribution >= 0.6 is 0 Å². The molecule has 2 aromatic rings. The highest BCUT2D eigenvalue weighted by Gasteiger charge is 2.78. The van der Waals surface area contributed by atoms with E-state index in [0.29, 0.717) is 48.8 Å². The Balaban J connectivity index is 2.28. The van der Waals surface area contributed by atoms with Gasteiger partial charge >= 0.3 is 12.4 Å². The van der Waals surface area contributed by atoms with Crippen molar-refractivity contribution in [3.8, 4) is 0 Å². The van der Waals surface area contributed by atoms with Crippen LogP contribution in [0.25, 0.3) is 16.3 Å². The molecule has 1 fully saturated rings. The van der Waals surface area contributed by atoms with Gasteiger partial charge in [-0.3, -0.25) is 0 Å². The predicted octanol–water partition coefficient (Wildman–Crippen LogP) is 7.29. The smallest absolute Gasteiger partial charge is 0.371 e. The normalized spacial score (nSPS) is 17.7. The van der Waals surface area contributed by atoms with E-state index in [1.165, 1.54) is 0 Å². The molecule has 0 heterocycles. The van der Waals surface area contributed by atoms with Crippen molar-refractivity contribution in [2.45, 2.75) is 75.6 Å². The van der Waals surface area contributed by atoms with Crippen molar-refractivity contribution in [3.63, 3.8) is 0 Å². The van der Waals surface area contributed by atoms with Crippen LogP contribution in [0.4, 0.5) is 26.3 Å². The minimum atomic E-state index is -6.00. The Morgan fingerprint density at radius 3 is 1.97 bits per heavy atom. The summed E-state index contributed by atoms with van der Waals surface area (Å²) in [7, 11) is 0. The number of fused-ring (bicyclic) bond motifs is 1. The monoisotopic (exact) mass is 460 g/mol. The minimum absolute atomic E-state index is 0.219. The number of halogens is 6. The van der Waals surface area contributed by atoms with Crippen LogP contribution < -0.4 is 0 Å². The maximum absolute atomic E-state index is 13.7. The maximum atomic E-state index is 13.7. The van der Waals surface area contributed by atoms with Crippen molar-refractivity contribution in [2.24, 2.45) is 0 Å². The molecule has 1 saturated carbocycles. The Morgan fingerprint density at radius 1 is 0.938 bits per heavy atom. The largest absolute Gasteiger partial charge is 0.429 e. The van der Waals surface area contributed by atoms with Crippen LogP contribution in [0.1, 0.15) is 57.6 Å². The summed E-state index contributed by atoms with van der Waals surface area (Å²) in [5.41, 5.74) is -7.80. The topological polar surface area (TPSA) is 29.5 Å². The first kappa shape index (κ1) is 24.6. The molecule has 2 aromatic carbocycles. The Kier molecular flexibility index (Phi) is 5.96. The van der Waals surface area contributed by atoms with Crippen molar-refractivity contribution >= 4 is 16.3 Å². The van der Waals surface area contributed by atoms with E-state index in [0.717, 1.165) is 5.39 Å². The molecule has 0 spiro atoms. The maximum Gasteiger partial charge on any atom is 0.429 e. The van der Waals surface area contributed by atoms with E-state index in [-0.39, 0.29) is 12.8 Å². The fourth-order valence-electron chi connectivity index (χ4n) is 4.87. The highest BCUT2D eigenvalue weighted by atomic mass is 19.4. The van der Waals surface area contributed by atoms with E-state index in [4.69, 9.17) is 4.74 Å². The molecule has 0 unspecified atom stereocenters. The molecule has 2 nitrogen and oxygen atoms in total. The van der Waals surface area contributed by atoms with Gasteiger partial charge in [0, 0.05) is 0 Å². The standard InChI is InChI=1S/C24H26F6O2/c1-15(2)17-12-11-16-9-5-6-10-18(16)19(17)21(13-7-8-14-21)32-20(3,4)22(31,23(25,26)27)24(28,29)30/h5-6,9-12,31H,1,7-8,13-14H2,2-4H3. The molecule has 0 bridgehead atoms. The van der Waals surface area contributed by atoms with Crippen LogP contribution in [-0.4, -0.2) is 28.7 Å². The molecule has 32 heavy (non-hydrogen) atoms. The molecule has 0 aliphatic heterocycles. The molecule has 0 aromatic heterocycles. The fraction of sp³-hybridized carbons (Fsp3) is 0.500. The van der Waals surface area contributed by atoms with E-state index < -0.39 is 29.2 Å². The van der Waals surface area contributed by atoms with Gasteiger partial charge in [0.25, 0.3) is 5.60 Å². The summed E-state index contributed by atoms with van der Waals surface area (Å²) in [6, 6.07) is 10.7. The highest BCUT2D eigenvalue weighted by Crippen LogP contribution is 2.56. The second-order valence-corrected chi connectivity index (χ2v) is 9.01. The van der Waals surface area contributed by atoms with Gasteiger partial charge in [-0.05, 0) is 55.5 Å². The van der Waals surface area contributed by atoms with Gasteiger partial charge in [-0.25, -0.2) is 0 Å². The summed E-state index contributed by atoms with van der Waals surface area (Å²) in [6.07, 6.45) is -10.4. The molecular formula is C24H26F6O2. The van der Waals surface area contributed by atoms with Crippen LogP contribution in [-0.2, 0) is 10.3 Å². The lowest BCUT2D eigenvalue weighted by molar-refractivity contribution is -0.421.